The molecule has 1 aliphatic carbocycles. The lowest BCUT2D eigenvalue weighted by molar-refractivity contribution is -0.136. The number of imide groups is 2. The van der Waals surface area contributed by atoms with E-state index in [1.54, 1.807) is 18.2 Å². The average Bonchev–Trinajstić information content (AvgIpc) is 3.33. The van der Waals surface area contributed by atoms with Crippen LogP contribution >= 0.6 is 0 Å². The SMILES string of the molecule is O=C1CCC(N2C(=O)c3ccc(N4CCC(N5CCN(c6ccc(C(=O)NC7CCCCC7)nn6)CC5)CC4)cc3C2=O)C(=O)N1. The van der Waals surface area contributed by atoms with E-state index >= 15 is 0 Å². The number of amides is 5. The molecule has 7 rings (SSSR count). The molecule has 3 saturated heterocycles. The summed E-state index contributed by atoms with van der Waals surface area (Å²) < 4.78 is 0. The number of piperidine rings is 2. The number of carbonyl (C=O) groups excluding carboxylic acids is 5. The fraction of sp³-hybridized carbons (Fsp3) is 0.545. The highest BCUT2D eigenvalue weighted by atomic mass is 16.2. The van der Waals surface area contributed by atoms with Crippen molar-refractivity contribution in [2.75, 3.05) is 49.1 Å². The molecule has 13 heteroatoms. The second-order valence-electron chi connectivity index (χ2n) is 13.0. The highest BCUT2D eigenvalue weighted by Gasteiger charge is 2.45. The van der Waals surface area contributed by atoms with Gasteiger partial charge in [0.25, 0.3) is 17.7 Å². The molecule has 1 atom stereocenters. The Bertz CT molecular complexity index is 1520. The first kappa shape index (κ1) is 30.3. The Balaban J connectivity index is 0.900. The second-order valence-corrected chi connectivity index (χ2v) is 13.0. The molecular formula is C33H40N8O5. The van der Waals surface area contributed by atoms with E-state index in [1.165, 1.54) is 6.42 Å². The van der Waals surface area contributed by atoms with Crippen LogP contribution in [0.4, 0.5) is 11.5 Å². The number of rotatable bonds is 6. The zero-order valence-electron chi connectivity index (χ0n) is 25.9. The van der Waals surface area contributed by atoms with E-state index in [0.29, 0.717) is 22.9 Å². The smallest absolute Gasteiger partial charge is 0.272 e. The van der Waals surface area contributed by atoms with Gasteiger partial charge in [-0.3, -0.25) is 39.1 Å². The van der Waals surface area contributed by atoms with Crippen molar-refractivity contribution in [2.45, 2.75) is 75.9 Å². The predicted molar refractivity (Wildman–Crippen MR) is 169 cm³/mol. The van der Waals surface area contributed by atoms with Gasteiger partial charge in [0.15, 0.2) is 11.5 Å². The normalized spacial score (nSPS) is 23.5. The maximum atomic E-state index is 13.3. The first-order valence-electron chi connectivity index (χ1n) is 16.6. The van der Waals surface area contributed by atoms with E-state index in [0.717, 1.165) is 94.2 Å². The minimum absolute atomic E-state index is 0.0979. The summed E-state index contributed by atoms with van der Waals surface area (Å²) in [6.07, 6.45) is 7.84. The summed E-state index contributed by atoms with van der Waals surface area (Å²) in [5.74, 6) is -1.30. The molecule has 1 saturated carbocycles. The number of hydrogen-bond donors (Lipinski definition) is 2. The number of aromatic nitrogens is 2. The highest BCUT2D eigenvalue weighted by Crippen LogP contribution is 2.32. The minimum atomic E-state index is -0.964. The van der Waals surface area contributed by atoms with E-state index in [9.17, 15) is 24.0 Å². The molecule has 4 aliphatic heterocycles. The van der Waals surface area contributed by atoms with Crippen LogP contribution in [-0.2, 0) is 9.59 Å². The van der Waals surface area contributed by atoms with Crippen LogP contribution in [0.1, 0.15) is 89.0 Å². The Kier molecular flexibility index (Phi) is 8.41. The van der Waals surface area contributed by atoms with Crippen LogP contribution in [-0.4, -0.2) is 107 Å². The third-order valence-corrected chi connectivity index (χ3v) is 10.2. The Morgan fingerprint density at radius 3 is 2.20 bits per heavy atom. The van der Waals surface area contributed by atoms with Crippen molar-refractivity contribution < 1.29 is 24.0 Å². The second kappa shape index (κ2) is 12.8. The molecule has 0 spiro atoms. The van der Waals surface area contributed by atoms with Crippen molar-refractivity contribution in [1.82, 2.24) is 30.6 Å². The molecule has 2 aromatic rings. The zero-order chi connectivity index (χ0) is 31.8. The molecule has 5 heterocycles. The van der Waals surface area contributed by atoms with Gasteiger partial charge in [0, 0.05) is 63.5 Å². The highest BCUT2D eigenvalue weighted by molar-refractivity contribution is 6.23. The van der Waals surface area contributed by atoms with Gasteiger partial charge in [0.2, 0.25) is 11.8 Å². The first-order chi connectivity index (χ1) is 22.4. The maximum absolute atomic E-state index is 13.3. The van der Waals surface area contributed by atoms with Gasteiger partial charge in [-0.05, 0) is 62.4 Å². The van der Waals surface area contributed by atoms with E-state index in [2.05, 4.69) is 35.5 Å². The molecular weight excluding hydrogens is 588 g/mol. The lowest BCUT2D eigenvalue weighted by Crippen LogP contribution is -2.54. The van der Waals surface area contributed by atoms with E-state index < -0.39 is 23.8 Å². The van der Waals surface area contributed by atoms with Gasteiger partial charge in [-0.2, -0.15) is 0 Å². The quantitative estimate of drug-likeness (QED) is 0.453. The fourth-order valence-electron chi connectivity index (χ4n) is 7.58. The maximum Gasteiger partial charge on any atom is 0.272 e. The Hall–Kier alpha value is -4.39. The van der Waals surface area contributed by atoms with Crippen LogP contribution < -0.4 is 20.4 Å². The predicted octanol–water partition coefficient (Wildman–Crippen LogP) is 1.73. The molecule has 242 valence electrons. The van der Waals surface area contributed by atoms with Crippen LogP contribution in [0.15, 0.2) is 30.3 Å². The lowest BCUT2D eigenvalue weighted by Gasteiger charge is -2.43. The number of hydrogen-bond acceptors (Lipinski definition) is 10. The fourth-order valence-corrected chi connectivity index (χ4v) is 7.58. The number of benzene rings is 1. The van der Waals surface area contributed by atoms with Crippen LogP contribution in [0.5, 0.6) is 0 Å². The van der Waals surface area contributed by atoms with Gasteiger partial charge >= 0.3 is 0 Å². The molecule has 1 aromatic carbocycles. The monoisotopic (exact) mass is 628 g/mol. The molecule has 1 unspecified atom stereocenters. The first-order valence-corrected chi connectivity index (χ1v) is 16.6. The molecule has 0 bridgehead atoms. The van der Waals surface area contributed by atoms with Gasteiger partial charge in [0.05, 0.1) is 11.1 Å². The summed E-state index contributed by atoms with van der Waals surface area (Å²) in [6.45, 7) is 5.18. The zero-order valence-corrected chi connectivity index (χ0v) is 25.9. The topological polar surface area (TPSA) is 148 Å². The summed E-state index contributed by atoms with van der Waals surface area (Å²) >= 11 is 0. The van der Waals surface area contributed by atoms with Gasteiger partial charge in [0.1, 0.15) is 6.04 Å². The van der Waals surface area contributed by atoms with Gasteiger partial charge < -0.3 is 15.1 Å². The van der Waals surface area contributed by atoms with Crippen molar-refractivity contribution in [1.29, 1.82) is 0 Å². The molecule has 2 N–H and O–H groups in total. The Labute approximate surface area is 267 Å². The van der Waals surface area contributed by atoms with E-state index in [1.807, 2.05) is 12.1 Å². The summed E-state index contributed by atoms with van der Waals surface area (Å²) in [5.41, 5.74) is 1.87. The number of fused-ring (bicyclic) bond motifs is 1. The number of carbonyl (C=O) groups is 5. The third-order valence-electron chi connectivity index (χ3n) is 10.2. The number of nitrogens with zero attached hydrogens (tertiary/aromatic N) is 6. The van der Waals surface area contributed by atoms with Crippen molar-refractivity contribution in [3.05, 3.63) is 47.2 Å². The van der Waals surface area contributed by atoms with E-state index in [4.69, 9.17) is 0 Å². The summed E-state index contributed by atoms with van der Waals surface area (Å²) in [6, 6.07) is 8.73. The van der Waals surface area contributed by atoms with Gasteiger partial charge in [-0.15, -0.1) is 10.2 Å². The van der Waals surface area contributed by atoms with Crippen molar-refractivity contribution in [3.63, 3.8) is 0 Å². The lowest BCUT2D eigenvalue weighted by atomic mass is 9.95. The van der Waals surface area contributed by atoms with Crippen LogP contribution in [0.25, 0.3) is 0 Å². The van der Waals surface area contributed by atoms with E-state index in [-0.39, 0.29) is 30.7 Å². The molecule has 4 fully saturated rings. The van der Waals surface area contributed by atoms with Gasteiger partial charge in [-0.25, -0.2) is 0 Å². The average molecular weight is 629 g/mol. The summed E-state index contributed by atoms with van der Waals surface area (Å²) in [5, 5.41) is 14.0. The van der Waals surface area contributed by atoms with Crippen molar-refractivity contribution >= 4 is 41.0 Å². The summed E-state index contributed by atoms with van der Waals surface area (Å²) in [4.78, 5) is 70.9. The Morgan fingerprint density at radius 1 is 0.761 bits per heavy atom. The van der Waals surface area contributed by atoms with Crippen molar-refractivity contribution in [2.24, 2.45) is 0 Å². The number of nitrogens with one attached hydrogen (secondary N) is 2. The standard InChI is InChI=1S/C33H40N8O5/c42-29-11-9-27(31(44)35-29)41-32(45)24-7-6-23(20-25(24)33(41)46)38-14-12-22(13-15-38)39-16-18-40(19-17-39)28-10-8-26(36-37-28)30(43)34-21-4-2-1-3-5-21/h6-8,10,20-22,27H,1-5,9,11-19H2,(H,34,43)(H,35,42,44). The van der Waals surface area contributed by atoms with Gasteiger partial charge in [-0.1, -0.05) is 19.3 Å². The molecule has 5 amide bonds. The third kappa shape index (κ3) is 5.95. The molecule has 1 aromatic heterocycles. The van der Waals surface area contributed by atoms with Crippen LogP contribution in [0.2, 0.25) is 0 Å². The van der Waals surface area contributed by atoms with Crippen molar-refractivity contribution in [3.8, 4) is 0 Å². The number of piperazine rings is 1. The van der Waals surface area contributed by atoms with Crippen LogP contribution in [0, 0.1) is 0 Å². The minimum Gasteiger partial charge on any atom is -0.371 e. The summed E-state index contributed by atoms with van der Waals surface area (Å²) in [7, 11) is 0. The molecule has 46 heavy (non-hydrogen) atoms. The molecule has 5 aliphatic rings. The van der Waals surface area contributed by atoms with Crippen LogP contribution in [0.3, 0.4) is 0 Å². The Morgan fingerprint density at radius 2 is 1.50 bits per heavy atom. The largest absolute Gasteiger partial charge is 0.371 e. The molecule has 0 radical (unpaired) electrons. The number of anilines is 2. The molecule has 13 nitrogen and oxygen atoms in total.